The molecule has 1 unspecified atom stereocenters. The lowest BCUT2D eigenvalue weighted by Crippen LogP contribution is -2.44. The fourth-order valence-electron chi connectivity index (χ4n) is 3.52. The molecule has 2 saturated heterocycles. The normalized spacial score (nSPS) is 23.7. The van der Waals surface area contributed by atoms with Crippen LogP contribution >= 0.6 is 11.8 Å². The maximum absolute atomic E-state index is 12.4. The molecule has 0 aliphatic carbocycles. The van der Waals surface area contributed by atoms with Gasteiger partial charge in [-0.15, -0.1) is 0 Å². The molecule has 2 heterocycles. The van der Waals surface area contributed by atoms with E-state index in [1.54, 1.807) is 20.8 Å². The largest absolute Gasteiger partial charge is 0.458 e. The monoisotopic (exact) mass is 440 g/mol. The molecule has 168 valence electrons. The summed E-state index contributed by atoms with van der Waals surface area (Å²) in [5, 5.41) is 15.9. The van der Waals surface area contributed by atoms with Crippen LogP contribution in [0.15, 0.2) is 0 Å². The lowest BCUT2D eigenvalue weighted by atomic mass is 10.0. The van der Waals surface area contributed by atoms with Crippen molar-refractivity contribution >= 4 is 41.7 Å². The number of hydrogen-bond acceptors (Lipinski definition) is 7. The number of nitrogens with one attached hydrogen (secondary N) is 4. The highest BCUT2D eigenvalue weighted by molar-refractivity contribution is 8.00. The first-order valence-corrected chi connectivity index (χ1v) is 11.4. The van der Waals surface area contributed by atoms with Crippen molar-refractivity contribution in [3.8, 4) is 0 Å². The number of carbonyl (C=O) groups is 4. The minimum atomic E-state index is -0.911. The van der Waals surface area contributed by atoms with Crippen LogP contribution in [-0.4, -0.2) is 64.6 Å². The third kappa shape index (κ3) is 7.62. The Labute approximate surface area is 181 Å². The quantitative estimate of drug-likeness (QED) is 0.166. The van der Waals surface area contributed by atoms with Gasteiger partial charge in [-0.3, -0.25) is 9.59 Å². The van der Waals surface area contributed by atoms with E-state index < -0.39 is 23.4 Å². The zero-order chi connectivity index (χ0) is 22.3. The molecular weight excluding hydrogens is 408 g/mol. The average Bonchev–Trinajstić information content (AvgIpc) is 3.19. The molecule has 0 aromatic rings. The van der Waals surface area contributed by atoms with Crippen LogP contribution in [-0.2, 0) is 19.1 Å². The molecule has 2 fully saturated rings. The van der Waals surface area contributed by atoms with E-state index >= 15 is 0 Å². The minimum Gasteiger partial charge on any atom is -0.458 e. The van der Waals surface area contributed by atoms with Crippen LogP contribution in [0, 0.1) is 5.41 Å². The summed E-state index contributed by atoms with van der Waals surface area (Å²) in [6, 6.07) is -0.677. The van der Waals surface area contributed by atoms with Crippen molar-refractivity contribution in [2.45, 2.75) is 88.3 Å². The number of ketones is 1. The summed E-state index contributed by atoms with van der Waals surface area (Å²) in [5.41, 5.74) is -0.701. The Kier molecular flexibility index (Phi) is 8.69. The van der Waals surface area contributed by atoms with E-state index in [0.29, 0.717) is 17.9 Å². The van der Waals surface area contributed by atoms with Gasteiger partial charge in [-0.2, -0.15) is 11.8 Å². The summed E-state index contributed by atoms with van der Waals surface area (Å²) in [5.74, 6) is -0.341. The molecule has 0 spiro atoms. The molecule has 30 heavy (non-hydrogen) atoms. The summed E-state index contributed by atoms with van der Waals surface area (Å²) in [7, 11) is 0. The lowest BCUT2D eigenvalue weighted by molar-refractivity contribution is -0.158. The fourth-order valence-corrected chi connectivity index (χ4v) is 5.06. The maximum Gasteiger partial charge on any atom is 0.329 e. The average molecular weight is 441 g/mol. The number of hydrogen-bond donors (Lipinski definition) is 4. The Balaban J connectivity index is 1.75. The van der Waals surface area contributed by atoms with E-state index in [4.69, 9.17) is 10.1 Å². The van der Waals surface area contributed by atoms with E-state index in [0.717, 1.165) is 18.6 Å². The van der Waals surface area contributed by atoms with Crippen molar-refractivity contribution in [2.24, 2.45) is 0 Å². The van der Waals surface area contributed by atoms with Gasteiger partial charge in [0.1, 0.15) is 11.6 Å². The molecule has 0 aromatic carbocycles. The fraction of sp³-hybridized carbons (Fsp3) is 0.750. The number of fused-ring (bicyclic) bond motifs is 1. The molecule has 0 bridgehead atoms. The van der Waals surface area contributed by atoms with Crippen LogP contribution < -0.4 is 16.0 Å². The second kappa shape index (κ2) is 10.8. The van der Waals surface area contributed by atoms with Gasteiger partial charge in [-0.05, 0) is 40.0 Å². The van der Waals surface area contributed by atoms with Gasteiger partial charge in [-0.25, -0.2) is 9.59 Å². The van der Waals surface area contributed by atoms with Crippen molar-refractivity contribution < 1.29 is 23.9 Å². The van der Waals surface area contributed by atoms with Crippen molar-refractivity contribution in [3.63, 3.8) is 0 Å². The number of rotatable bonds is 11. The molecule has 0 aromatic heterocycles. The Bertz CT molecular complexity index is 679. The smallest absolute Gasteiger partial charge is 0.329 e. The van der Waals surface area contributed by atoms with Crippen LogP contribution in [0.3, 0.4) is 0 Å². The molecule has 3 amide bonds. The first-order chi connectivity index (χ1) is 14.1. The number of carbonyl (C=O) groups excluding carboxylic acids is 4. The van der Waals surface area contributed by atoms with Crippen molar-refractivity contribution in [2.75, 3.05) is 5.75 Å². The molecule has 2 aliphatic rings. The molecule has 4 N–H and O–H groups in total. The van der Waals surface area contributed by atoms with Crippen LogP contribution in [0.25, 0.3) is 0 Å². The van der Waals surface area contributed by atoms with Crippen molar-refractivity contribution in [3.05, 3.63) is 0 Å². The van der Waals surface area contributed by atoms with Gasteiger partial charge in [0.05, 0.1) is 18.3 Å². The second-order valence-electron chi connectivity index (χ2n) is 8.67. The van der Waals surface area contributed by atoms with Crippen molar-refractivity contribution in [1.29, 1.82) is 5.41 Å². The van der Waals surface area contributed by atoms with Crippen LogP contribution in [0.4, 0.5) is 4.79 Å². The highest BCUT2D eigenvalue weighted by atomic mass is 32.2. The number of thioether (sulfide) groups is 1. The van der Waals surface area contributed by atoms with Gasteiger partial charge in [0, 0.05) is 23.8 Å². The molecule has 4 atom stereocenters. The zero-order valence-corrected chi connectivity index (χ0v) is 18.6. The molecule has 0 saturated carbocycles. The molecule has 2 rings (SSSR count). The Morgan fingerprint density at radius 2 is 2.00 bits per heavy atom. The standard InChI is InChI=1S/C20H32N4O5S/c1-20(2,3)29-18(27)13(9-8-12(25)10-21)22-16(26)7-5-4-6-15-17-14(11-30-15)23-19(28)24-17/h10,13-15,17,21H,4-9,11H2,1-3H3,(H,22,26)(H2,23,24,28)/t13-,14?,15-,17-/m0/s1. The summed E-state index contributed by atoms with van der Waals surface area (Å²) in [4.78, 5) is 47.6. The summed E-state index contributed by atoms with van der Waals surface area (Å²) in [6.45, 7) is 5.21. The Morgan fingerprint density at radius 3 is 2.67 bits per heavy atom. The number of urea groups is 1. The topological polar surface area (TPSA) is 137 Å². The van der Waals surface area contributed by atoms with E-state index in [1.807, 2.05) is 11.8 Å². The Hall–Kier alpha value is -2.10. The summed E-state index contributed by atoms with van der Waals surface area (Å²) in [6.07, 6.45) is 3.49. The van der Waals surface area contributed by atoms with E-state index in [-0.39, 0.29) is 43.3 Å². The molecule has 10 heteroatoms. The number of unbranched alkanes of at least 4 members (excludes halogenated alkanes) is 1. The first kappa shape index (κ1) is 24.2. The second-order valence-corrected chi connectivity index (χ2v) is 9.94. The molecule has 0 radical (unpaired) electrons. The first-order valence-electron chi connectivity index (χ1n) is 10.3. The number of Topliss-reactive ketones (excluding diaryl/α,β-unsaturated/α-hetero) is 1. The minimum absolute atomic E-state index is 0.00506. The van der Waals surface area contributed by atoms with Crippen LogP contribution in [0.5, 0.6) is 0 Å². The van der Waals surface area contributed by atoms with Gasteiger partial charge in [0.25, 0.3) is 0 Å². The van der Waals surface area contributed by atoms with E-state index in [2.05, 4.69) is 16.0 Å². The van der Waals surface area contributed by atoms with Crippen molar-refractivity contribution in [1.82, 2.24) is 16.0 Å². The van der Waals surface area contributed by atoms with E-state index in [9.17, 15) is 19.2 Å². The molecular formula is C20H32N4O5S. The predicted molar refractivity (Wildman–Crippen MR) is 115 cm³/mol. The van der Waals surface area contributed by atoms with Gasteiger partial charge < -0.3 is 26.1 Å². The SMILES string of the molecule is CC(C)(C)OC(=O)[C@H](CCC(=O)C=N)NC(=O)CCCC[C@@H]1SCC2NC(=O)N[C@@H]21. The van der Waals surface area contributed by atoms with E-state index in [1.165, 1.54) is 0 Å². The summed E-state index contributed by atoms with van der Waals surface area (Å²) >= 11 is 1.84. The highest BCUT2D eigenvalue weighted by Gasteiger charge is 2.42. The molecule has 9 nitrogen and oxygen atoms in total. The van der Waals surface area contributed by atoms with Gasteiger partial charge in [0.2, 0.25) is 5.91 Å². The van der Waals surface area contributed by atoms with Gasteiger partial charge in [0.15, 0.2) is 5.78 Å². The third-order valence-corrected chi connectivity index (χ3v) is 6.46. The van der Waals surface area contributed by atoms with Gasteiger partial charge in [-0.1, -0.05) is 6.42 Å². The Morgan fingerprint density at radius 1 is 1.27 bits per heavy atom. The van der Waals surface area contributed by atoms with Crippen LogP contribution in [0.2, 0.25) is 0 Å². The van der Waals surface area contributed by atoms with Gasteiger partial charge >= 0.3 is 12.0 Å². The maximum atomic E-state index is 12.4. The summed E-state index contributed by atoms with van der Waals surface area (Å²) < 4.78 is 5.34. The third-order valence-electron chi connectivity index (χ3n) is 4.95. The highest BCUT2D eigenvalue weighted by Crippen LogP contribution is 2.33. The zero-order valence-electron chi connectivity index (χ0n) is 17.8. The predicted octanol–water partition coefficient (Wildman–Crippen LogP) is 1.54. The lowest BCUT2D eigenvalue weighted by Gasteiger charge is -2.24. The number of amides is 3. The molecule has 2 aliphatic heterocycles. The number of ether oxygens (including phenoxy) is 1. The van der Waals surface area contributed by atoms with Crippen LogP contribution in [0.1, 0.15) is 59.3 Å². The number of esters is 1.